The molecule has 0 spiro atoms. The minimum absolute atomic E-state index is 0.160. The van der Waals surface area contributed by atoms with Crippen molar-refractivity contribution in [3.63, 3.8) is 0 Å². The van der Waals surface area contributed by atoms with Gasteiger partial charge < -0.3 is 5.11 Å². The first kappa shape index (κ1) is 14.2. The fourth-order valence-electron chi connectivity index (χ4n) is 3.35. The molecule has 0 saturated carbocycles. The molecule has 1 saturated heterocycles. The summed E-state index contributed by atoms with van der Waals surface area (Å²) in [5.41, 5.74) is 3.62. The lowest BCUT2D eigenvalue weighted by molar-refractivity contribution is 0.184. The third-order valence-electron chi connectivity index (χ3n) is 4.47. The minimum atomic E-state index is 0.160. The fraction of sp³-hybridized carbons (Fsp3) is 0.368. The van der Waals surface area contributed by atoms with E-state index in [1.807, 2.05) is 12.1 Å². The normalized spacial score (nSPS) is 17.6. The first-order chi connectivity index (χ1) is 10.3. The summed E-state index contributed by atoms with van der Waals surface area (Å²) in [6.45, 7) is 4.37. The van der Waals surface area contributed by atoms with Gasteiger partial charge in [0, 0.05) is 5.56 Å². The summed E-state index contributed by atoms with van der Waals surface area (Å²) in [5, 5.41) is 10.3. The minimum Gasteiger partial charge on any atom is -0.508 e. The van der Waals surface area contributed by atoms with Crippen LogP contribution in [0.3, 0.4) is 0 Å². The standard InChI is InChI=1S/C19H23NO/c1-15-9-3-4-10-16(15)19(20-13-7-2-8-14-20)17-11-5-6-12-18(17)21/h3-6,9-12,19,21H,2,7-8,13-14H2,1H3. The average Bonchev–Trinajstić information content (AvgIpc) is 2.52. The van der Waals surface area contributed by atoms with Crippen LogP contribution in [-0.4, -0.2) is 23.1 Å². The van der Waals surface area contributed by atoms with Crippen molar-refractivity contribution in [2.45, 2.75) is 32.2 Å². The monoisotopic (exact) mass is 281 g/mol. The molecule has 2 aromatic rings. The van der Waals surface area contributed by atoms with Crippen molar-refractivity contribution in [1.82, 2.24) is 4.90 Å². The van der Waals surface area contributed by atoms with Crippen molar-refractivity contribution in [3.05, 3.63) is 65.2 Å². The number of hydrogen-bond donors (Lipinski definition) is 1. The largest absolute Gasteiger partial charge is 0.508 e. The predicted octanol–water partition coefficient (Wildman–Crippen LogP) is 4.28. The van der Waals surface area contributed by atoms with Crippen LogP contribution in [-0.2, 0) is 0 Å². The molecular weight excluding hydrogens is 258 g/mol. The van der Waals surface area contributed by atoms with E-state index >= 15 is 0 Å². The van der Waals surface area contributed by atoms with Gasteiger partial charge in [-0.1, -0.05) is 48.9 Å². The molecule has 110 valence electrons. The number of phenols is 1. The summed E-state index contributed by atoms with van der Waals surface area (Å²) < 4.78 is 0. The van der Waals surface area contributed by atoms with Crippen LogP contribution in [0.2, 0.25) is 0 Å². The first-order valence-electron chi connectivity index (χ1n) is 7.85. The smallest absolute Gasteiger partial charge is 0.120 e. The van der Waals surface area contributed by atoms with Crippen LogP contribution >= 0.6 is 0 Å². The van der Waals surface area contributed by atoms with Gasteiger partial charge in [0.05, 0.1) is 6.04 Å². The Morgan fingerprint density at radius 3 is 2.14 bits per heavy atom. The molecule has 21 heavy (non-hydrogen) atoms. The Morgan fingerprint density at radius 1 is 0.857 bits per heavy atom. The van der Waals surface area contributed by atoms with E-state index in [9.17, 15) is 5.11 Å². The fourth-order valence-corrected chi connectivity index (χ4v) is 3.35. The molecule has 0 bridgehead atoms. The van der Waals surface area contributed by atoms with Gasteiger partial charge in [0.2, 0.25) is 0 Å². The topological polar surface area (TPSA) is 23.5 Å². The molecule has 1 fully saturated rings. The molecule has 0 radical (unpaired) electrons. The Balaban J connectivity index is 2.07. The van der Waals surface area contributed by atoms with Crippen LogP contribution in [0.1, 0.15) is 42.0 Å². The van der Waals surface area contributed by atoms with E-state index in [1.165, 1.54) is 30.4 Å². The summed E-state index contributed by atoms with van der Waals surface area (Å²) in [5.74, 6) is 0.399. The van der Waals surface area contributed by atoms with E-state index in [-0.39, 0.29) is 6.04 Å². The molecule has 3 rings (SSSR count). The van der Waals surface area contributed by atoms with Gasteiger partial charge in [-0.2, -0.15) is 0 Å². The Kier molecular flexibility index (Phi) is 4.26. The average molecular weight is 281 g/mol. The molecule has 2 aromatic carbocycles. The number of rotatable bonds is 3. The van der Waals surface area contributed by atoms with Crippen molar-refractivity contribution < 1.29 is 5.11 Å². The van der Waals surface area contributed by atoms with Crippen molar-refractivity contribution in [1.29, 1.82) is 0 Å². The number of likely N-dealkylation sites (tertiary alicyclic amines) is 1. The second-order valence-corrected chi connectivity index (χ2v) is 5.91. The molecule has 1 aliphatic rings. The Hall–Kier alpha value is -1.80. The van der Waals surface area contributed by atoms with Gasteiger partial charge in [-0.25, -0.2) is 0 Å². The lowest BCUT2D eigenvalue weighted by Gasteiger charge is -2.36. The molecule has 0 aromatic heterocycles. The number of aromatic hydroxyl groups is 1. The number of nitrogens with zero attached hydrogens (tertiary/aromatic N) is 1. The molecule has 0 amide bonds. The van der Waals surface area contributed by atoms with Crippen LogP contribution in [0, 0.1) is 6.92 Å². The summed E-state index contributed by atoms with van der Waals surface area (Å²) >= 11 is 0. The van der Waals surface area contributed by atoms with E-state index in [0.717, 1.165) is 18.7 Å². The van der Waals surface area contributed by atoms with Gasteiger partial charge in [0.15, 0.2) is 0 Å². The van der Waals surface area contributed by atoms with E-state index in [2.05, 4.69) is 42.2 Å². The summed E-state index contributed by atoms with van der Waals surface area (Å²) in [6.07, 6.45) is 3.81. The summed E-state index contributed by atoms with van der Waals surface area (Å²) in [4.78, 5) is 2.51. The van der Waals surface area contributed by atoms with E-state index in [1.54, 1.807) is 6.07 Å². The first-order valence-corrected chi connectivity index (χ1v) is 7.85. The van der Waals surface area contributed by atoms with Gasteiger partial charge in [-0.05, 0) is 50.0 Å². The SMILES string of the molecule is Cc1ccccc1C(c1ccccc1O)N1CCCCC1. The highest BCUT2D eigenvalue weighted by atomic mass is 16.3. The maximum absolute atomic E-state index is 10.3. The van der Waals surface area contributed by atoms with E-state index < -0.39 is 0 Å². The highest BCUT2D eigenvalue weighted by Crippen LogP contribution is 2.36. The van der Waals surface area contributed by atoms with Crippen molar-refractivity contribution >= 4 is 0 Å². The van der Waals surface area contributed by atoms with Crippen LogP contribution < -0.4 is 0 Å². The van der Waals surface area contributed by atoms with Crippen LogP contribution in [0.15, 0.2) is 48.5 Å². The lowest BCUT2D eigenvalue weighted by atomic mass is 9.91. The molecule has 2 heteroatoms. The molecule has 1 atom stereocenters. The lowest BCUT2D eigenvalue weighted by Crippen LogP contribution is -2.34. The highest BCUT2D eigenvalue weighted by Gasteiger charge is 2.26. The van der Waals surface area contributed by atoms with Crippen molar-refractivity contribution in [2.24, 2.45) is 0 Å². The highest BCUT2D eigenvalue weighted by molar-refractivity contribution is 5.43. The van der Waals surface area contributed by atoms with Crippen molar-refractivity contribution in [2.75, 3.05) is 13.1 Å². The van der Waals surface area contributed by atoms with Gasteiger partial charge in [-0.15, -0.1) is 0 Å². The number of hydrogen-bond acceptors (Lipinski definition) is 2. The molecule has 1 N–H and O–H groups in total. The molecule has 2 nitrogen and oxygen atoms in total. The molecule has 1 unspecified atom stereocenters. The number of phenolic OH excluding ortho intramolecular Hbond substituents is 1. The molecule has 1 aliphatic heterocycles. The molecular formula is C19H23NO. The van der Waals surface area contributed by atoms with Gasteiger partial charge in [-0.3, -0.25) is 4.90 Å². The maximum atomic E-state index is 10.3. The van der Waals surface area contributed by atoms with E-state index in [0.29, 0.717) is 5.75 Å². The quantitative estimate of drug-likeness (QED) is 0.908. The summed E-state index contributed by atoms with van der Waals surface area (Å²) in [7, 11) is 0. The third-order valence-corrected chi connectivity index (χ3v) is 4.47. The maximum Gasteiger partial charge on any atom is 0.120 e. The van der Waals surface area contributed by atoms with Crippen LogP contribution in [0.4, 0.5) is 0 Å². The van der Waals surface area contributed by atoms with Crippen LogP contribution in [0.5, 0.6) is 5.75 Å². The molecule has 0 aliphatic carbocycles. The zero-order valence-electron chi connectivity index (χ0n) is 12.6. The van der Waals surface area contributed by atoms with Gasteiger partial charge >= 0.3 is 0 Å². The van der Waals surface area contributed by atoms with Crippen LogP contribution in [0.25, 0.3) is 0 Å². The Bertz CT molecular complexity index is 557. The number of aryl methyl sites for hydroxylation is 1. The van der Waals surface area contributed by atoms with E-state index in [4.69, 9.17) is 0 Å². The Morgan fingerprint density at radius 2 is 1.48 bits per heavy atom. The predicted molar refractivity (Wildman–Crippen MR) is 86.6 cm³/mol. The zero-order chi connectivity index (χ0) is 14.7. The number of para-hydroxylation sites is 1. The zero-order valence-corrected chi connectivity index (χ0v) is 12.6. The van der Waals surface area contributed by atoms with Gasteiger partial charge in [0.1, 0.15) is 5.75 Å². The third kappa shape index (κ3) is 2.96. The number of piperidine rings is 1. The van der Waals surface area contributed by atoms with Crippen molar-refractivity contribution in [3.8, 4) is 5.75 Å². The Labute approximate surface area is 127 Å². The number of benzene rings is 2. The molecule has 1 heterocycles. The second kappa shape index (κ2) is 6.31. The second-order valence-electron chi connectivity index (χ2n) is 5.91. The van der Waals surface area contributed by atoms with Gasteiger partial charge in [0.25, 0.3) is 0 Å². The summed E-state index contributed by atoms with van der Waals surface area (Å²) in [6, 6.07) is 16.5.